The highest BCUT2D eigenvalue weighted by Crippen LogP contribution is 2.34. The maximum absolute atomic E-state index is 13.6. The number of imide groups is 1. The molecule has 0 spiro atoms. The van der Waals surface area contributed by atoms with Crippen LogP contribution in [0.15, 0.2) is 48.5 Å². The van der Waals surface area contributed by atoms with E-state index in [0.717, 1.165) is 35.7 Å². The van der Waals surface area contributed by atoms with E-state index < -0.39 is 30.8 Å². The monoisotopic (exact) mass is 477 g/mol. The van der Waals surface area contributed by atoms with Gasteiger partial charge in [-0.25, -0.2) is 4.79 Å². The van der Waals surface area contributed by atoms with Gasteiger partial charge in [-0.1, -0.05) is 42.5 Å². The number of benzene rings is 2. The third-order valence-electron chi connectivity index (χ3n) is 7.29. The number of aryl methyl sites for hydroxylation is 1. The topological polar surface area (TPSA) is 85.4 Å². The molecule has 3 aliphatic rings. The first-order chi connectivity index (χ1) is 16.9. The molecule has 3 saturated heterocycles. The van der Waals surface area contributed by atoms with Crippen molar-refractivity contribution in [3.63, 3.8) is 0 Å². The molecular weight excluding hydrogens is 446 g/mol. The molecule has 3 atom stereocenters. The molecule has 0 saturated carbocycles. The van der Waals surface area contributed by atoms with E-state index in [0.29, 0.717) is 0 Å². The first kappa shape index (κ1) is 23.3. The maximum atomic E-state index is 13.6. The number of amides is 3. The Morgan fingerprint density at radius 2 is 1.83 bits per heavy atom. The maximum Gasteiger partial charge on any atom is 0.328 e. The van der Waals surface area contributed by atoms with Crippen LogP contribution in [0.2, 0.25) is 0 Å². The molecule has 2 aromatic carbocycles. The van der Waals surface area contributed by atoms with Gasteiger partial charge in [-0.3, -0.25) is 24.7 Å². The molecule has 9 heteroatoms. The van der Waals surface area contributed by atoms with Gasteiger partial charge in [-0.05, 0) is 43.0 Å². The lowest BCUT2D eigenvalue weighted by atomic mass is 10.1. The minimum Gasteiger partial charge on any atom is -0.459 e. The number of hydrogen-bond acceptors (Lipinski definition) is 7. The van der Waals surface area contributed by atoms with Crippen molar-refractivity contribution >= 4 is 23.6 Å². The van der Waals surface area contributed by atoms with Gasteiger partial charge in [0, 0.05) is 25.8 Å². The zero-order valence-corrected chi connectivity index (χ0v) is 20.3. The van der Waals surface area contributed by atoms with E-state index in [1.807, 2.05) is 36.4 Å². The number of carbonyl (C=O) groups excluding carboxylic acids is 3. The number of urea groups is 1. The van der Waals surface area contributed by atoms with Crippen LogP contribution in [-0.2, 0) is 20.9 Å². The van der Waals surface area contributed by atoms with E-state index in [1.165, 1.54) is 16.0 Å². The van der Waals surface area contributed by atoms with Crippen molar-refractivity contribution in [3.8, 4) is 0 Å². The summed E-state index contributed by atoms with van der Waals surface area (Å²) >= 11 is 0. The van der Waals surface area contributed by atoms with E-state index in [-0.39, 0.29) is 18.8 Å². The van der Waals surface area contributed by atoms with Crippen LogP contribution in [0.3, 0.4) is 0 Å². The Morgan fingerprint density at radius 3 is 2.60 bits per heavy atom. The van der Waals surface area contributed by atoms with Crippen LogP contribution in [0, 0.1) is 13.8 Å². The predicted molar refractivity (Wildman–Crippen MR) is 130 cm³/mol. The van der Waals surface area contributed by atoms with E-state index >= 15 is 0 Å². The summed E-state index contributed by atoms with van der Waals surface area (Å²) in [4.78, 5) is 46.1. The molecule has 5 rings (SSSR count). The summed E-state index contributed by atoms with van der Waals surface area (Å²) in [6.07, 6.45) is 0.199. The lowest BCUT2D eigenvalue weighted by Gasteiger charge is -2.44. The van der Waals surface area contributed by atoms with Crippen LogP contribution >= 0.6 is 0 Å². The van der Waals surface area contributed by atoms with E-state index in [2.05, 4.69) is 41.1 Å². The molecule has 9 nitrogen and oxygen atoms in total. The lowest BCUT2D eigenvalue weighted by Crippen LogP contribution is -2.67. The second kappa shape index (κ2) is 9.31. The van der Waals surface area contributed by atoms with Crippen LogP contribution in [0.5, 0.6) is 0 Å². The number of fused-ring (bicyclic) bond motifs is 3. The van der Waals surface area contributed by atoms with Crippen molar-refractivity contribution in [2.75, 3.05) is 31.6 Å². The van der Waals surface area contributed by atoms with Crippen LogP contribution in [-0.4, -0.2) is 77.8 Å². The molecular formula is C26H31N5O4. The molecule has 2 aromatic rings. The summed E-state index contributed by atoms with van der Waals surface area (Å²) in [5.74, 6) is -0.979. The first-order valence-corrected chi connectivity index (χ1v) is 12.0. The van der Waals surface area contributed by atoms with Crippen LogP contribution in [0.1, 0.15) is 23.1 Å². The molecule has 3 heterocycles. The molecule has 35 heavy (non-hydrogen) atoms. The van der Waals surface area contributed by atoms with Crippen LogP contribution < -0.4 is 10.2 Å². The normalized spacial score (nSPS) is 24.4. The molecule has 0 bridgehead atoms. The van der Waals surface area contributed by atoms with Gasteiger partial charge in [0.1, 0.15) is 31.6 Å². The standard InChI is InChI=1S/C26H31N5O4/c1-17-9-7-12-20(18(17)2)29-13-8-14-30-22-23(27-25(29)30)28(3)26(34)31(24(22)33)15-21(32)35-16-19-10-5-4-6-11-19/h4-7,9-12,22-23,25,27H,8,13-16H2,1-3H3. The largest absolute Gasteiger partial charge is 0.459 e. The Balaban J connectivity index is 1.34. The van der Waals surface area contributed by atoms with Gasteiger partial charge in [0.05, 0.1) is 0 Å². The zero-order valence-electron chi connectivity index (χ0n) is 20.3. The lowest BCUT2D eigenvalue weighted by molar-refractivity contribution is -0.152. The number of anilines is 1. The van der Waals surface area contributed by atoms with E-state index in [9.17, 15) is 14.4 Å². The van der Waals surface area contributed by atoms with Crippen molar-refractivity contribution in [3.05, 3.63) is 65.2 Å². The number of hydrogen-bond donors (Lipinski definition) is 1. The van der Waals surface area contributed by atoms with Gasteiger partial charge >= 0.3 is 12.0 Å². The van der Waals surface area contributed by atoms with Gasteiger partial charge in [0.2, 0.25) is 0 Å². The number of nitrogens with zero attached hydrogens (tertiary/aromatic N) is 4. The second-order valence-electron chi connectivity index (χ2n) is 9.40. The van der Waals surface area contributed by atoms with Crippen LogP contribution in [0.25, 0.3) is 0 Å². The van der Waals surface area contributed by atoms with Gasteiger partial charge in [0.15, 0.2) is 0 Å². The SMILES string of the molecule is Cc1cccc(N2CCCN3C4C(=O)N(CC(=O)OCc5ccccc5)C(=O)N(C)C4NC23)c1C. The minimum atomic E-state index is -0.611. The molecule has 0 aromatic heterocycles. The summed E-state index contributed by atoms with van der Waals surface area (Å²) in [6, 6.07) is 14.5. The summed E-state index contributed by atoms with van der Waals surface area (Å²) < 4.78 is 5.34. The fraction of sp³-hybridized carbons (Fsp3) is 0.423. The number of rotatable bonds is 5. The highest BCUT2D eigenvalue weighted by Gasteiger charge is 2.56. The van der Waals surface area contributed by atoms with Gasteiger partial charge < -0.3 is 14.5 Å². The van der Waals surface area contributed by atoms with Crippen molar-refractivity contribution < 1.29 is 19.1 Å². The third kappa shape index (κ3) is 4.15. The molecule has 3 unspecified atom stereocenters. The molecule has 3 amide bonds. The summed E-state index contributed by atoms with van der Waals surface area (Å²) in [6.45, 7) is 5.46. The molecule has 184 valence electrons. The summed E-state index contributed by atoms with van der Waals surface area (Å²) in [7, 11) is 1.67. The number of ether oxygens (including phenoxy) is 1. The van der Waals surface area contributed by atoms with Crippen molar-refractivity contribution in [2.45, 2.75) is 45.4 Å². The van der Waals surface area contributed by atoms with E-state index in [4.69, 9.17) is 4.74 Å². The number of nitrogens with one attached hydrogen (secondary N) is 1. The Hall–Kier alpha value is -3.43. The fourth-order valence-corrected chi connectivity index (χ4v) is 5.27. The highest BCUT2D eigenvalue weighted by atomic mass is 16.5. The molecule has 0 aliphatic carbocycles. The number of esters is 1. The summed E-state index contributed by atoms with van der Waals surface area (Å²) in [5, 5.41) is 3.51. The number of likely N-dealkylation sites (N-methyl/N-ethyl adjacent to an activating group) is 1. The molecule has 3 fully saturated rings. The first-order valence-electron chi connectivity index (χ1n) is 12.0. The van der Waals surface area contributed by atoms with Gasteiger partial charge in [-0.15, -0.1) is 0 Å². The van der Waals surface area contributed by atoms with Crippen molar-refractivity contribution in [1.29, 1.82) is 0 Å². The Bertz CT molecular complexity index is 1140. The zero-order chi connectivity index (χ0) is 24.7. The average molecular weight is 478 g/mol. The fourth-order valence-electron chi connectivity index (χ4n) is 5.27. The van der Waals surface area contributed by atoms with Gasteiger partial charge in [0.25, 0.3) is 5.91 Å². The van der Waals surface area contributed by atoms with Gasteiger partial charge in [-0.2, -0.15) is 0 Å². The Morgan fingerprint density at radius 1 is 1.06 bits per heavy atom. The second-order valence-corrected chi connectivity index (χ2v) is 9.40. The predicted octanol–water partition coefficient (Wildman–Crippen LogP) is 2.03. The van der Waals surface area contributed by atoms with E-state index in [1.54, 1.807) is 7.05 Å². The van der Waals surface area contributed by atoms with Crippen LogP contribution in [0.4, 0.5) is 10.5 Å². The average Bonchev–Trinajstić information content (AvgIpc) is 3.27. The minimum absolute atomic E-state index is 0.0956. The Labute approximate surface area is 205 Å². The molecule has 0 radical (unpaired) electrons. The van der Waals surface area contributed by atoms with Crippen molar-refractivity contribution in [1.82, 2.24) is 20.0 Å². The third-order valence-corrected chi connectivity index (χ3v) is 7.29. The summed E-state index contributed by atoms with van der Waals surface area (Å²) in [5.41, 5.74) is 4.37. The smallest absolute Gasteiger partial charge is 0.328 e. The number of carbonyl (C=O) groups is 3. The highest BCUT2D eigenvalue weighted by molar-refractivity contribution is 6.02. The Kier molecular flexibility index (Phi) is 6.21. The quantitative estimate of drug-likeness (QED) is 0.660. The molecule has 3 aliphatic heterocycles. The molecule has 1 N–H and O–H groups in total. The van der Waals surface area contributed by atoms with Crippen molar-refractivity contribution in [2.24, 2.45) is 0 Å².